The van der Waals surface area contributed by atoms with Gasteiger partial charge in [0.25, 0.3) is 5.92 Å². The summed E-state index contributed by atoms with van der Waals surface area (Å²) >= 11 is 5.73. The number of amides is 3. The van der Waals surface area contributed by atoms with E-state index in [0.717, 1.165) is 5.56 Å². The number of urea groups is 1. The van der Waals surface area contributed by atoms with Gasteiger partial charge in [-0.15, -0.1) is 12.4 Å². The minimum Gasteiger partial charge on any atom is -0.348 e. The van der Waals surface area contributed by atoms with Crippen LogP contribution in [-0.2, 0) is 11.3 Å². The third-order valence-electron chi connectivity index (χ3n) is 2.62. The third-order valence-corrected chi connectivity index (χ3v) is 2.87. The number of hydrogen-bond donors (Lipinski definition) is 4. The van der Waals surface area contributed by atoms with E-state index in [9.17, 15) is 18.4 Å². The third kappa shape index (κ3) is 9.17. The molecule has 0 bridgehead atoms. The molecule has 23 heavy (non-hydrogen) atoms. The first-order chi connectivity index (χ1) is 10.3. The Morgan fingerprint density at radius 1 is 1.13 bits per heavy atom. The van der Waals surface area contributed by atoms with Crippen molar-refractivity contribution in [3.8, 4) is 0 Å². The van der Waals surface area contributed by atoms with Crippen LogP contribution < -0.4 is 21.7 Å². The largest absolute Gasteiger partial charge is 0.348 e. The Hall–Kier alpha value is -1.64. The van der Waals surface area contributed by atoms with Crippen LogP contribution in [0.4, 0.5) is 13.6 Å². The van der Waals surface area contributed by atoms with Crippen LogP contribution in [0.25, 0.3) is 0 Å². The van der Waals surface area contributed by atoms with E-state index in [-0.39, 0.29) is 19.0 Å². The maximum absolute atomic E-state index is 12.8. The van der Waals surface area contributed by atoms with E-state index in [1.165, 1.54) is 0 Å². The van der Waals surface area contributed by atoms with Crippen LogP contribution in [0.3, 0.4) is 0 Å². The van der Waals surface area contributed by atoms with Crippen molar-refractivity contribution in [3.63, 3.8) is 0 Å². The van der Waals surface area contributed by atoms with Gasteiger partial charge in [0.2, 0.25) is 5.91 Å². The molecule has 0 atom stereocenters. The van der Waals surface area contributed by atoms with E-state index in [1.807, 2.05) is 5.32 Å². The summed E-state index contributed by atoms with van der Waals surface area (Å²) in [6, 6.07) is 6.26. The van der Waals surface area contributed by atoms with Gasteiger partial charge in [-0.05, 0) is 17.7 Å². The van der Waals surface area contributed by atoms with Crippen molar-refractivity contribution < 1.29 is 18.4 Å². The van der Waals surface area contributed by atoms with E-state index in [1.54, 1.807) is 24.3 Å². The van der Waals surface area contributed by atoms with Crippen LogP contribution in [0, 0.1) is 0 Å². The molecule has 0 saturated carbocycles. The Morgan fingerprint density at radius 3 is 2.30 bits per heavy atom. The smallest absolute Gasteiger partial charge is 0.315 e. The average molecular weight is 371 g/mol. The molecule has 0 spiro atoms. The Balaban J connectivity index is 0.00000484. The quantitative estimate of drug-likeness (QED) is 0.581. The highest BCUT2D eigenvalue weighted by Crippen LogP contribution is 2.09. The number of carbonyl (C=O) groups excluding carboxylic acids is 2. The number of benzene rings is 1. The fourth-order valence-corrected chi connectivity index (χ4v) is 1.50. The van der Waals surface area contributed by atoms with Crippen molar-refractivity contribution in [2.45, 2.75) is 12.5 Å². The second-order valence-electron chi connectivity index (χ2n) is 4.50. The summed E-state index contributed by atoms with van der Waals surface area (Å²) in [5.41, 5.74) is 5.66. The van der Waals surface area contributed by atoms with Crippen LogP contribution in [0.5, 0.6) is 0 Å². The predicted octanol–water partition coefficient (Wildman–Crippen LogP) is 1.27. The van der Waals surface area contributed by atoms with Crippen LogP contribution in [0.15, 0.2) is 24.3 Å². The molecule has 0 aliphatic rings. The maximum atomic E-state index is 12.8. The molecule has 130 valence electrons. The lowest BCUT2D eigenvalue weighted by Gasteiger charge is -2.14. The average Bonchev–Trinajstić information content (AvgIpc) is 2.50. The van der Waals surface area contributed by atoms with Gasteiger partial charge in [0, 0.05) is 11.6 Å². The van der Waals surface area contributed by atoms with E-state index in [0.29, 0.717) is 5.02 Å². The number of alkyl halides is 2. The molecule has 0 radical (unpaired) electrons. The number of rotatable bonds is 7. The molecule has 0 heterocycles. The summed E-state index contributed by atoms with van der Waals surface area (Å²) in [5, 5.41) is 7.34. The molecule has 0 aromatic heterocycles. The molecule has 1 rings (SSSR count). The standard InChI is InChI=1S/C13H17ClF2N4O2.ClH/c14-10-3-1-9(2-4-10)5-18-12(22)19-6-11(21)20-8-13(15,16)7-17;/h1-4H,5-8,17H2,(H,20,21)(H2,18,19,22);1H. The fraction of sp³-hybridized carbons (Fsp3) is 0.385. The van der Waals surface area contributed by atoms with Gasteiger partial charge in [0.1, 0.15) is 0 Å². The van der Waals surface area contributed by atoms with Gasteiger partial charge in [-0.2, -0.15) is 0 Å². The van der Waals surface area contributed by atoms with Gasteiger partial charge in [0.05, 0.1) is 19.6 Å². The summed E-state index contributed by atoms with van der Waals surface area (Å²) < 4.78 is 25.6. The van der Waals surface area contributed by atoms with E-state index in [4.69, 9.17) is 17.3 Å². The molecule has 0 fully saturated rings. The number of nitrogens with one attached hydrogen (secondary N) is 3. The molecule has 1 aromatic carbocycles. The lowest BCUT2D eigenvalue weighted by atomic mass is 10.2. The number of hydrogen-bond acceptors (Lipinski definition) is 3. The molecule has 0 unspecified atom stereocenters. The normalized spacial score (nSPS) is 10.4. The molecular weight excluding hydrogens is 353 g/mol. The molecule has 0 saturated heterocycles. The minimum absolute atomic E-state index is 0. The van der Waals surface area contributed by atoms with Gasteiger partial charge >= 0.3 is 6.03 Å². The van der Waals surface area contributed by atoms with Crippen molar-refractivity contribution in [2.24, 2.45) is 5.73 Å². The van der Waals surface area contributed by atoms with Gasteiger partial charge < -0.3 is 21.7 Å². The maximum Gasteiger partial charge on any atom is 0.315 e. The lowest BCUT2D eigenvalue weighted by Crippen LogP contribution is -2.46. The van der Waals surface area contributed by atoms with Gasteiger partial charge in [-0.25, -0.2) is 13.6 Å². The Labute approximate surface area is 143 Å². The van der Waals surface area contributed by atoms with E-state index < -0.39 is 37.5 Å². The van der Waals surface area contributed by atoms with Gasteiger partial charge in [-0.3, -0.25) is 4.79 Å². The highest BCUT2D eigenvalue weighted by molar-refractivity contribution is 6.30. The summed E-state index contributed by atoms with van der Waals surface area (Å²) in [4.78, 5) is 22.7. The van der Waals surface area contributed by atoms with Gasteiger partial charge in [0.15, 0.2) is 0 Å². The molecule has 0 aliphatic heterocycles. The van der Waals surface area contributed by atoms with Crippen molar-refractivity contribution in [2.75, 3.05) is 19.6 Å². The van der Waals surface area contributed by atoms with E-state index in [2.05, 4.69) is 10.6 Å². The molecule has 1 aromatic rings. The first-order valence-electron chi connectivity index (χ1n) is 6.43. The Morgan fingerprint density at radius 2 is 1.74 bits per heavy atom. The first-order valence-corrected chi connectivity index (χ1v) is 6.81. The summed E-state index contributed by atoms with van der Waals surface area (Å²) in [6.45, 7) is -1.89. The van der Waals surface area contributed by atoms with Crippen LogP contribution in [0.2, 0.25) is 5.02 Å². The van der Waals surface area contributed by atoms with Gasteiger partial charge in [-0.1, -0.05) is 23.7 Å². The van der Waals surface area contributed by atoms with Crippen molar-refractivity contribution in [1.82, 2.24) is 16.0 Å². The van der Waals surface area contributed by atoms with Crippen molar-refractivity contribution in [3.05, 3.63) is 34.9 Å². The zero-order chi connectivity index (χ0) is 16.6. The molecule has 6 nitrogen and oxygen atoms in total. The molecular formula is C13H18Cl2F2N4O2. The van der Waals surface area contributed by atoms with Crippen LogP contribution >= 0.6 is 24.0 Å². The summed E-state index contributed by atoms with van der Waals surface area (Å²) in [5.74, 6) is -3.89. The first kappa shape index (κ1) is 21.4. The molecule has 0 aliphatic carbocycles. The zero-order valence-electron chi connectivity index (χ0n) is 12.1. The van der Waals surface area contributed by atoms with Crippen LogP contribution in [0.1, 0.15) is 5.56 Å². The zero-order valence-corrected chi connectivity index (χ0v) is 13.6. The number of nitrogens with two attached hydrogens (primary N) is 1. The van der Waals surface area contributed by atoms with E-state index >= 15 is 0 Å². The Kier molecular flexibility index (Phi) is 9.47. The molecule has 5 N–H and O–H groups in total. The SMILES string of the molecule is Cl.NCC(F)(F)CNC(=O)CNC(=O)NCc1ccc(Cl)cc1. The number of halogens is 4. The topological polar surface area (TPSA) is 96.2 Å². The lowest BCUT2D eigenvalue weighted by molar-refractivity contribution is -0.121. The second-order valence-corrected chi connectivity index (χ2v) is 4.94. The molecule has 3 amide bonds. The van der Waals surface area contributed by atoms with Crippen molar-refractivity contribution >= 4 is 35.9 Å². The summed E-state index contributed by atoms with van der Waals surface area (Å²) in [6.07, 6.45) is 0. The highest BCUT2D eigenvalue weighted by Gasteiger charge is 2.27. The molecule has 10 heteroatoms. The fourth-order valence-electron chi connectivity index (χ4n) is 1.37. The van der Waals surface area contributed by atoms with Crippen molar-refractivity contribution in [1.29, 1.82) is 0 Å². The predicted molar refractivity (Wildman–Crippen MR) is 85.9 cm³/mol. The van der Waals surface area contributed by atoms with Crippen LogP contribution in [-0.4, -0.2) is 37.5 Å². The Bertz CT molecular complexity index is 515. The summed E-state index contributed by atoms with van der Waals surface area (Å²) in [7, 11) is 0. The second kappa shape index (κ2) is 10.2. The highest BCUT2D eigenvalue weighted by atomic mass is 35.5. The number of carbonyl (C=O) groups is 2. The minimum atomic E-state index is -3.16. The monoisotopic (exact) mass is 370 g/mol.